The fourth-order valence-electron chi connectivity index (χ4n) is 3.35. The number of nitrogens with one attached hydrogen (secondary N) is 1. The summed E-state index contributed by atoms with van der Waals surface area (Å²) in [6.07, 6.45) is 4.10. The molecule has 0 aliphatic carbocycles. The van der Waals surface area contributed by atoms with E-state index in [0.717, 1.165) is 44.9 Å². The average molecular weight is 341 g/mol. The van der Waals surface area contributed by atoms with E-state index in [4.69, 9.17) is 4.52 Å². The fourth-order valence-corrected chi connectivity index (χ4v) is 3.35. The van der Waals surface area contributed by atoms with Gasteiger partial charge in [0.05, 0.1) is 0 Å². The summed E-state index contributed by atoms with van der Waals surface area (Å²) in [5.41, 5.74) is 1.42. The minimum absolute atomic E-state index is 0.695. The van der Waals surface area contributed by atoms with Crippen LogP contribution in [0.2, 0.25) is 0 Å². The smallest absolute Gasteiger partial charge is 0.226 e. The van der Waals surface area contributed by atoms with Crippen LogP contribution in [-0.2, 0) is 12.8 Å². The maximum Gasteiger partial charge on any atom is 0.226 e. The Morgan fingerprint density at radius 3 is 2.92 bits per heavy atom. The van der Waals surface area contributed by atoms with Crippen molar-refractivity contribution in [2.24, 2.45) is 10.9 Å². The number of nitrogens with zero attached hydrogens (tertiary/aromatic N) is 4. The molecule has 1 saturated heterocycles. The molecule has 2 heterocycles. The van der Waals surface area contributed by atoms with Crippen LogP contribution in [0.25, 0.3) is 0 Å². The molecule has 2 aromatic rings. The number of aliphatic imine (C=N–C) groups is 1. The normalized spacial score (nSPS) is 17.9. The third kappa shape index (κ3) is 5.05. The summed E-state index contributed by atoms with van der Waals surface area (Å²) in [5.74, 6) is 3.10. The molecule has 0 bridgehead atoms. The summed E-state index contributed by atoms with van der Waals surface area (Å²) in [4.78, 5) is 11.0. The molecule has 1 unspecified atom stereocenters. The van der Waals surface area contributed by atoms with Crippen LogP contribution in [-0.4, -0.2) is 47.7 Å². The van der Waals surface area contributed by atoms with E-state index in [0.29, 0.717) is 17.6 Å². The van der Waals surface area contributed by atoms with Gasteiger partial charge in [0.2, 0.25) is 5.89 Å². The van der Waals surface area contributed by atoms with E-state index in [1.807, 2.05) is 14.0 Å². The third-order valence-electron chi connectivity index (χ3n) is 4.58. The Morgan fingerprint density at radius 2 is 2.20 bits per heavy atom. The van der Waals surface area contributed by atoms with Crippen LogP contribution in [0.1, 0.15) is 30.1 Å². The van der Waals surface area contributed by atoms with Crippen molar-refractivity contribution < 1.29 is 4.52 Å². The van der Waals surface area contributed by atoms with Crippen LogP contribution in [0.4, 0.5) is 0 Å². The summed E-state index contributed by atoms with van der Waals surface area (Å²) < 4.78 is 5.14. The Kier molecular flexibility index (Phi) is 6.04. The summed E-state index contributed by atoms with van der Waals surface area (Å²) in [6.45, 7) is 4.83. The topological polar surface area (TPSA) is 66.5 Å². The lowest BCUT2D eigenvalue weighted by Gasteiger charge is -2.21. The maximum absolute atomic E-state index is 5.14. The zero-order valence-corrected chi connectivity index (χ0v) is 15.1. The van der Waals surface area contributed by atoms with Gasteiger partial charge >= 0.3 is 0 Å². The van der Waals surface area contributed by atoms with Crippen molar-refractivity contribution in [3.8, 4) is 0 Å². The minimum Gasteiger partial charge on any atom is -0.356 e. The molecule has 6 heteroatoms. The van der Waals surface area contributed by atoms with Gasteiger partial charge in [0.1, 0.15) is 0 Å². The highest BCUT2D eigenvalue weighted by molar-refractivity contribution is 5.80. The van der Waals surface area contributed by atoms with Gasteiger partial charge in [-0.15, -0.1) is 0 Å². The maximum atomic E-state index is 5.14. The predicted octanol–water partition coefficient (Wildman–Crippen LogP) is 2.45. The number of hydrogen-bond acceptors (Lipinski definition) is 4. The molecule has 0 amide bonds. The monoisotopic (exact) mass is 341 g/mol. The molecule has 0 spiro atoms. The Labute approximate surface area is 149 Å². The largest absolute Gasteiger partial charge is 0.356 e. The van der Waals surface area contributed by atoms with Crippen LogP contribution < -0.4 is 5.32 Å². The van der Waals surface area contributed by atoms with Crippen molar-refractivity contribution in [2.45, 2.75) is 32.6 Å². The van der Waals surface area contributed by atoms with E-state index in [1.54, 1.807) is 0 Å². The van der Waals surface area contributed by atoms with Crippen LogP contribution in [0.15, 0.2) is 39.8 Å². The predicted molar refractivity (Wildman–Crippen MR) is 98.5 cm³/mol. The number of aromatic nitrogens is 2. The van der Waals surface area contributed by atoms with E-state index in [1.165, 1.54) is 12.0 Å². The molecule has 1 aliphatic rings. The van der Waals surface area contributed by atoms with Crippen molar-refractivity contribution in [1.29, 1.82) is 0 Å². The van der Waals surface area contributed by atoms with Gasteiger partial charge in [-0.25, -0.2) is 0 Å². The van der Waals surface area contributed by atoms with Gasteiger partial charge in [0, 0.05) is 33.1 Å². The van der Waals surface area contributed by atoms with E-state index >= 15 is 0 Å². The van der Waals surface area contributed by atoms with Crippen molar-refractivity contribution in [2.75, 3.05) is 26.7 Å². The number of aryl methyl sites for hydroxylation is 2. The number of hydrogen-bond donors (Lipinski definition) is 1. The van der Waals surface area contributed by atoms with Gasteiger partial charge in [-0.1, -0.05) is 35.5 Å². The van der Waals surface area contributed by atoms with E-state index in [9.17, 15) is 0 Å². The zero-order valence-electron chi connectivity index (χ0n) is 15.1. The molecular weight excluding hydrogens is 314 g/mol. The molecule has 134 valence electrons. The van der Waals surface area contributed by atoms with Gasteiger partial charge in [-0.3, -0.25) is 4.99 Å². The lowest BCUT2D eigenvalue weighted by molar-refractivity contribution is 0.371. The summed E-state index contributed by atoms with van der Waals surface area (Å²) >= 11 is 0. The molecule has 25 heavy (non-hydrogen) atoms. The molecular formula is C19H27N5O. The number of guanidine groups is 1. The average Bonchev–Trinajstić information content (AvgIpc) is 3.25. The third-order valence-corrected chi connectivity index (χ3v) is 4.58. The first-order chi connectivity index (χ1) is 12.2. The van der Waals surface area contributed by atoms with Crippen molar-refractivity contribution in [1.82, 2.24) is 20.4 Å². The summed E-state index contributed by atoms with van der Waals surface area (Å²) in [7, 11) is 1.86. The fraction of sp³-hybridized carbons (Fsp3) is 0.526. The molecule has 1 aromatic carbocycles. The second kappa shape index (κ2) is 8.65. The number of likely N-dealkylation sites (tertiary alicyclic amines) is 1. The highest BCUT2D eigenvalue weighted by Crippen LogP contribution is 2.20. The van der Waals surface area contributed by atoms with Crippen molar-refractivity contribution in [3.63, 3.8) is 0 Å². The Bertz CT molecular complexity index is 682. The molecule has 0 saturated carbocycles. The van der Waals surface area contributed by atoms with Gasteiger partial charge in [0.25, 0.3) is 0 Å². The van der Waals surface area contributed by atoms with Crippen molar-refractivity contribution in [3.05, 3.63) is 47.6 Å². The molecule has 1 aliphatic heterocycles. The van der Waals surface area contributed by atoms with Gasteiger partial charge in [-0.05, 0) is 37.7 Å². The van der Waals surface area contributed by atoms with Crippen molar-refractivity contribution >= 4 is 5.96 Å². The zero-order chi connectivity index (χ0) is 17.5. The standard InChI is InChI=1S/C19H27N5O/c1-15-22-18(25-23-15)9-6-11-21-19(20-2)24-12-10-17(14-24)13-16-7-4-3-5-8-16/h3-5,7-8,17H,6,9-14H2,1-2H3,(H,20,21). The van der Waals surface area contributed by atoms with Crippen LogP contribution in [0, 0.1) is 12.8 Å². The number of benzene rings is 1. The van der Waals surface area contributed by atoms with Gasteiger partial charge in [0.15, 0.2) is 11.8 Å². The molecule has 0 radical (unpaired) electrons. The Hall–Kier alpha value is -2.37. The molecule has 1 atom stereocenters. The lowest BCUT2D eigenvalue weighted by Crippen LogP contribution is -2.40. The molecule has 6 nitrogen and oxygen atoms in total. The number of rotatable bonds is 6. The Morgan fingerprint density at radius 1 is 1.36 bits per heavy atom. The summed E-state index contributed by atoms with van der Waals surface area (Å²) in [6, 6.07) is 10.7. The van der Waals surface area contributed by atoms with E-state index in [-0.39, 0.29) is 0 Å². The van der Waals surface area contributed by atoms with Crippen LogP contribution in [0.5, 0.6) is 0 Å². The molecule has 1 N–H and O–H groups in total. The first kappa shape index (κ1) is 17.5. The second-order valence-corrected chi connectivity index (χ2v) is 6.60. The van der Waals surface area contributed by atoms with E-state index in [2.05, 4.69) is 55.7 Å². The first-order valence-electron chi connectivity index (χ1n) is 9.03. The van der Waals surface area contributed by atoms with Gasteiger partial charge < -0.3 is 14.7 Å². The lowest BCUT2D eigenvalue weighted by atomic mass is 9.99. The Balaban J connectivity index is 1.41. The quantitative estimate of drug-likeness (QED) is 0.497. The first-order valence-corrected chi connectivity index (χ1v) is 9.03. The minimum atomic E-state index is 0.695. The molecule has 1 fully saturated rings. The van der Waals surface area contributed by atoms with Gasteiger partial charge in [-0.2, -0.15) is 4.98 Å². The highest BCUT2D eigenvalue weighted by Gasteiger charge is 2.24. The van der Waals surface area contributed by atoms with E-state index < -0.39 is 0 Å². The summed E-state index contributed by atoms with van der Waals surface area (Å²) in [5, 5.41) is 7.27. The SMILES string of the molecule is CN=C(NCCCc1nc(C)no1)N1CCC(Cc2ccccc2)C1. The van der Waals surface area contributed by atoms with Crippen LogP contribution in [0.3, 0.4) is 0 Å². The molecule has 3 rings (SSSR count). The second-order valence-electron chi connectivity index (χ2n) is 6.60. The van der Waals surface area contributed by atoms with Crippen LogP contribution >= 0.6 is 0 Å². The highest BCUT2D eigenvalue weighted by atomic mass is 16.5. The molecule has 1 aromatic heterocycles.